The van der Waals surface area contributed by atoms with Crippen LogP contribution in [0.25, 0.3) is 0 Å². The van der Waals surface area contributed by atoms with E-state index < -0.39 is 0 Å². The summed E-state index contributed by atoms with van der Waals surface area (Å²) < 4.78 is 5.64. The van der Waals surface area contributed by atoms with Gasteiger partial charge in [0.15, 0.2) is 0 Å². The van der Waals surface area contributed by atoms with Crippen molar-refractivity contribution >= 4 is 5.91 Å². The summed E-state index contributed by atoms with van der Waals surface area (Å²) in [5.41, 5.74) is 6.80. The van der Waals surface area contributed by atoms with E-state index in [1.807, 2.05) is 26.0 Å². The first-order valence-electron chi connectivity index (χ1n) is 7.65. The molecule has 5 heteroatoms. The Bertz CT molecular complexity index is 482. The van der Waals surface area contributed by atoms with Crippen LogP contribution < -0.4 is 15.8 Å². The molecule has 1 fully saturated rings. The van der Waals surface area contributed by atoms with Gasteiger partial charge in [-0.1, -0.05) is 18.9 Å². The number of amides is 1. The van der Waals surface area contributed by atoms with Crippen molar-refractivity contribution in [2.24, 2.45) is 5.73 Å². The predicted octanol–water partition coefficient (Wildman–Crippen LogP) is 2.15. The second-order valence-corrected chi connectivity index (χ2v) is 6.16. The van der Waals surface area contributed by atoms with Gasteiger partial charge in [0.25, 0.3) is 0 Å². The topological polar surface area (TPSA) is 77.2 Å². The van der Waals surface area contributed by atoms with E-state index in [2.05, 4.69) is 10.3 Å². The molecule has 0 bridgehead atoms. The van der Waals surface area contributed by atoms with Crippen molar-refractivity contribution in [3.8, 4) is 5.88 Å². The smallest absolute Gasteiger partial charge is 0.222 e. The lowest BCUT2D eigenvalue weighted by Crippen LogP contribution is -2.42. The number of aromatic nitrogens is 1. The Morgan fingerprint density at radius 2 is 2.19 bits per heavy atom. The number of hydrogen-bond donors (Lipinski definition) is 2. The van der Waals surface area contributed by atoms with E-state index in [9.17, 15) is 4.79 Å². The molecule has 1 aliphatic carbocycles. The molecule has 1 aromatic rings. The van der Waals surface area contributed by atoms with Crippen LogP contribution >= 0.6 is 0 Å². The molecule has 21 heavy (non-hydrogen) atoms. The zero-order valence-corrected chi connectivity index (χ0v) is 12.9. The molecule has 0 aromatic carbocycles. The summed E-state index contributed by atoms with van der Waals surface area (Å²) in [5.74, 6) is 0.579. The van der Waals surface area contributed by atoms with Crippen LogP contribution in [0.1, 0.15) is 51.5 Å². The Morgan fingerprint density at radius 1 is 1.48 bits per heavy atom. The van der Waals surface area contributed by atoms with Crippen molar-refractivity contribution in [3.63, 3.8) is 0 Å². The molecule has 2 rings (SSSR count). The van der Waals surface area contributed by atoms with Crippen LogP contribution in [-0.2, 0) is 11.3 Å². The molecular formula is C16H25N3O2. The fourth-order valence-electron chi connectivity index (χ4n) is 2.72. The minimum atomic E-state index is -0.309. The fraction of sp³-hybridized carbons (Fsp3) is 0.625. The molecule has 0 spiro atoms. The van der Waals surface area contributed by atoms with Gasteiger partial charge in [-0.05, 0) is 32.8 Å². The Labute approximate surface area is 126 Å². The van der Waals surface area contributed by atoms with Crippen molar-refractivity contribution in [2.75, 3.05) is 0 Å². The fourth-order valence-corrected chi connectivity index (χ4v) is 2.72. The molecule has 1 aromatic heterocycles. The van der Waals surface area contributed by atoms with Gasteiger partial charge < -0.3 is 15.8 Å². The summed E-state index contributed by atoms with van der Waals surface area (Å²) in [6.07, 6.45) is 6.27. The standard InChI is InChI=1S/C16H25N3O2/c1-12(2)21-15-13(6-5-9-18-15)11-19-14(20)10-16(17)7-3-4-8-16/h5-6,9,12H,3-4,7-8,10-11,17H2,1-2H3,(H,19,20). The maximum Gasteiger partial charge on any atom is 0.222 e. The zero-order valence-electron chi connectivity index (χ0n) is 12.9. The van der Waals surface area contributed by atoms with Gasteiger partial charge in [0.1, 0.15) is 0 Å². The molecule has 0 radical (unpaired) electrons. The third-order valence-corrected chi connectivity index (χ3v) is 3.79. The van der Waals surface area contributed by atoms with Crippen molar-refractivity contribution in [1.29, 1.82) is 0 Å². The van der Waals surface area contributed by atoms with Crippen LogP contribution in [0.2, 0.25) is 0 Å². The van der Waals surface area contributed by atoms with E-state index in [1.54, 1.807) is 6.20 Å². The van der Waals surface area contributed by atoms with Crippen LogP contribution in [0.4, 0.5) is 0 Å². The number of nitrogens with two attached hydrogens (primary N) is 1. The number of carbonyl (C=O) groups excluding carboxylic acids is 1. The predicted molar refractivity (Wildman–Crippen MR) is 81.9 cm³/mol. The van der Waals surface area contributed by atoms with Gasteiger partial charge in [0, 0.05) is 30.3 Å². The molecule has 0 atom stereocenters. The van der Waals surface area contributed by atoms with E-state index in [0.29, 0.717) is 18.8 Å². The van der Waals surface area contributed by atoms with Gasteiger partial charge in [-0.3, -0.25) is 4.79 Å². The molecular weight excluding hydrogens is 266 g/mol. The van der Waals surface area contributed by atoms with E-state index in [1.165, 1.54) is 0 Å². The summed E-state index contributed by atoms with van der Waals surface area (Å²) in [4.78, 5) is 16.3. The Balaban J connectivity index is 1.89. The lowest BCUT2D eigenvalue weighted by molar-refractivity contribution is -0.122. The first kappa shape index (κ1) is 15.8. The van der Waals surface area contributed by atoms with Crippen molar-refractivity contribution in [2.45, 2.75) is 64.1 Å². The largest absolute Gasteiger partial charge is 0.475 e. The van der Waals surface area contributed by atoms with Gasteiger partial charge >= 0.3 is 0 Å². The average Bonchev–Trinajstić information content (AvgIpc) is 2.83. The Hall–Kier alpha value is -1.62. The SMILES string of the molecule is CC(C)Oc1ncccc1CNC(=O)CC1(N)CCCC1. The molecule has 0 unspecified atom stereocenters. The van der Waals surface area contributed by atoms with Crippen LogP contribution in [0.3, 0.4) is 0 Å². The summed E-state index contributed by atoms with van der Waals surface area (Å²) in [6, 6.07) is 3.76. The highest BCUT2D eigenvalue weighted by Gasteiger charge is 2.31. The first-order valence-corrected chi connectivity index (χ1v) is 7.65. The second-order valence-electron chi connectivity index (χ2n) is 6.16. The van der Waals surface area contributed by atoms with Crippen molar-refractivity contribution in [3.05, 3.63) is 23.9 Å². The molecule has 3 N–H and O–H groups in total. The number of carbonyl (C=O) groups is 1. The highest BCUT2D eigenvalue weighted by molar-refractivity contribution is 5.77. The number of nitrogens with one attached hydrogen (secondary N) is 1. The minimum Gasteiger partial charge on any atom is -0.475 e. The third-order valence-electron chi connectivity index (χ3n) is 3.79. The molecule has 116 valence electrons. The molecule has 1 amide bonds. The van der Waals surface area contributed by atoms with Crippen LogP contribution in [0.15, 0.2) is 18.3 Å². The van der Waals surface area contributed by atoms with E-state index in [4.69, 9.17) is 10.5 Å². The second kappa shape index (κ2) is 6.89. The molecule has 0 saturated heterocycles. The van der Waals surface area contributed by atoms with E-state index in [-0.39, 0.29) is 17.6 Å². The van der Waals surface area contributed by atoms with Gasteiger partial charge in [0.05, 0.1) is 6.10 Å². The summed E-state index contributed by atoms with van der Waals surface area (Å²) in [7, 11) is 0. The molecule has 1 heterocycles. The summed E-state index contributed by atoms with van der Waals surface area (Å²) in [5, 5.41) is 2.93. The van der Waals surface area contributed by atoms with Crippen molar-refractivity contribution < 1.29 is 9.53 Å². The molecule has 1 aliphatic rings. The summed E-state index contributed by atoms with van der Waals surface area (Å²) in [6.45, 7) is 4.33. The van der Waals surface area contributed by atoms with Gasteiger partial charge in [0.2, 0.25) is 11.8 Å². The van der Waals surface area contributed by atoms with Crippen LogP contribution in [0.5, 0.6) is 5.88 Å². The van der Waals surface area contributed by atoms with Gasteiger partial charge in [-0.15, -0.1) is 0 Å². The van der Waals surface area contributed by atoms with Crippen LogP contribution in [0, 0.1) is 0 Å². The van der Waals surface area contributed by atoms with Gasteiger partial charge in [-0.2, -0.15) is 0 Å². The monoisotopic (exact) mass is 291 g/mol. The lowest BCUT2D eigenvalue weighted by Gasteiger charge is -2.22. The number of rotatable bonds is 6. The van der Waals surface area contributed by atoms with Crippen LogP contribution in [-0.4, -0.2) is 22.5 Å². The number of nitrogens with zero attached hydrogens (tertiary/aromatic N) is 1. The van der Waals surface area contributed by atoms with E-state index in [0.717, 1.165) is 31.2 Å². The molecule has 0 aliphatic heterocycles. The summed E-state index contributed by atoms with van der Waals surface area (Å²) >= 11 is 0. The Kier molecular flexibility index (Phi) is 5.17. The number of pyridine rings is 1. The Morgan fingerprint density at radius 3 is 2.86 bits per heavy atom. The highest BCUT2D eigenvalue weighted by Crippen LogP contribution is 2.29. The average molecular weight is 291 g/mol. The van der Waals surface area contributed by atoms with Crippen molar-refractivity contribution in [1.82, 2.24) is 10.3 Å². The first-order chi connectivity index (χ1) is 9.98. The van der Waals surface area contributed by atoms with Gasteiger partial charge in [-0.25, -0.2) is 4.98 Å². The molecule has 5 nitrogen and oxygen atoms in total. The number of ether oxygens (including phenoxy) is 1. The normalized spacial score (nSPS) is 17.0. The third kappa shape index (κ3) is 4.70. The maximum atomic E-state index is 12.1. The quantitative estimate of drug-likeness (QED) is 0.842. The lowest BCUT2D eigenvalue weighted by atomic mass is 9.94. The van der Waals surface area contributed by atoms with E-state index >= 15 is 0 Å². The number of hydrogen-bond acceptors (Lipinski definition) is 4. The minimum absolute atomic E-state index is 0.00116. The highest BCUT2D eigenvalue weighted by atomic mass is 16.5. The molecule has 1 saturated carbocycles. The zero-order chi connectivity index (χ0) is 15.3. The maximum absolute atomic E-state index is 12.1.